The van der Waals surface area contributed by atoms with Gasteiger partial charge in [-0.1, -0.05) is 24.3 Å². The number of hydrogen-bond donors (Lipinski definition) is 1. The van der Waals surface area contributed by atoms with E-state index in [1.807, 2.05) is 30.3 Å². The lowest BCUT2D eigenvalue weighted by Gasteiger charge is -2.18. The van der Waals surface area contributed by atoms with Gasteiger partial charge in [-0.3, -0.25) is 4.18 Å². The molecule has 5 nitrogen and oxygen atoms in total. The van der Waals surface area contributed by atoms with Crippen molar-refractivity contribution in [3.8, 4) is 0 Å². The molecule has 0 bridgehead atoms. The molecule has 1 aliphatic rings. The first kappa shape index (κ1) is 23.8. The van der Waals surface area contributed by atoms with Gasteiger partial charge in [0.05, 0.1) is 11.5 Å². The summed E-state index contributed by atoms with van der Waals surface area (Å²) in [7, 11) is 2.22. The smallest absolute Gasteiger partial charge is 0.189 e. The summed E-state index contributed by atoms with van der Waals surface area (Å²) in [6.45, 7) is 1.65. The summed E-state index contributed by atoms with van der Waals surface area (Å²) in [5.74, 6) is 0. The number of fused-ring (bicyclic) bond motifs is 1. The third-order valence-corrected chi connectivity index (χ3v) is 6.51. The molecule has 3 N–H and O–H groups in total. The maximum atomic E-state index is 12.2. The molecule has 2 unspecified atom stereocenters. The number of halogens is 1. The van der Waals surface area contributed by atoms with Crippen molar-refractivity contribution in [2.45, 2.75) is 36.6 Å². The summed E-state index contributed by atoms with van der Waals surface area (Å²) in [6.07, 6.45) is 6.57. The Hall–Kier alpha value is -1.51. The molecular formula is C22H29BrN2O3S. The monoisotopic (exact) mass is 480 g/mol. The summed E-state index contributed by atoms with van der Waals surface area (Å²) < 4.78 is 17.7. The van der Waals surface area contributed by atoms with Crippen LogP contribution < -0.4 is 0 Å². The van der Waals surface area contributed by atoms with E-state index in [1.165, 1.54) is 41.4 Å². The van der Waals surface area contributed by atoms with Crippen LogP contribution in [0.25, 0.3) is 10.9 Å². The van der Waals surface area contributed by atoms with Gasteiger partial charge in [0.15, 0.2) is 11.1 Å². The van der Waals surface area contributed by atoms with Crippen molar-refractivity contribution in [3.63, 3.8) is 0 Å². The molecule has 0 radical (unpaired) electrons. The number of H-pyrrole nitrogens is 1. The van der Waals surface area contributed by atoms with E-state index in [0.29, 0.717) is 17.5 Å². The van der Waals surface area contributed by atoms with E-state index in [2.05, 4.69) is 41.3 Å². The lowest BCUT2D eigenvalue weighted by Crippen LogP contribution is -2.26. The first-order valence-corrected chi connectivity index (χ1v) is 10.7. The predicted molar refractivity (Wildman–Crippen MR) is 124 cm³/mol. The largest absolute Gasteiger partial charge is 0.412 e. The Bertz CT molecular complexity index is 932. The fraction of sp³-hybridized carbons (Fsp3) is 0.364. The molecule has 2 atom stereocenters. The highest BCUT2D eigenvalue weighted by molar-refractivity contribution is 8.93. The molecule has 1 saturated heterocycles. The molecule has 7 heteroatoms. The topological polar surface area (TPSA) is 76.8 Å². The highest BCUT2D eigenvalue weighted by Gasteiger charge is 2.22. The van der Waals surface area contributed by atoms with Crippen molar-refractivity contribution in [2.24, 2.45) is 0 Å². The highest BCUT2D eigenvalue weighted by atomic mass is 79.9. The lowest BCUT2D eigenvalue weighted by molar-refractivity contribution is 0.310. The Morgan fingerprint density at radius 2 is 2.00 bits per heavy atom. The number of hydrogen-bond acceptors (Lipinski definition) is 3. The fourth-order valence-electron chi connectivity index (χ4n) is 3.88. The summed E-state index contributed by atoms with van der Waals surface area (Å²) in [6, 6.07) is 16.5. The Labute approximate surface area is 185 Å². The van der Waals surface area contributed by atoms with Gasteiger partial charge in [0, 0.05) is 23.1 Å². The van der Waals surface area contributed by atoms with E-state index in [0.717, 1.165) is 12.8 Å². The van der Waals surface area contributed by atoms with E-state index < -0.39 is 11.1 Å². The molecular weight excluding hydrogens is 452 g/mol. The van der Waals surface area contributed by atoms with Crippen molar-refractivity contribution in [1.29, 1.82) is 0 Å². The third-order valence-electron chi connectivity index (χ3n) is 5.48. The molecule has 4 rings (SSSR count). The van der Waals surface area contributed by atoms with Crippen molar-refractivity contribution >= 4 is 39.0 Å². The third kappa shape index (κ3) is 5.77. The van der Waals surface area contributed by atoms with Crippen LogP contribution in [-0.4, -0.2) is 45.8 Å². The second-order valence-electron chi connectivity index (χ2n) is 7.29. The van der Waals surface area contributed by atoms with Crippen molar-refractivity contribution < 1.29 is 13.9 Å². The number of rotatable bonds is 7. The van der Waals surface area contributed by atoms with E-state index in [-0.39, 0.29) is 22.5 Å². The maximum Gasteiger partial charge on any atom is 0.189 e. The highest BCUT2D eigenvalue weighted by Crippen LogP contribution is 2.25. The summed E-state index contributed by atoms with van der Waals surface area (Å²) in [5.41, 5.74) is 3.79. The molecule has 1 fully saturated rings. The van der Waals surface area contributed by atoms with Gasteiger partial charge in [-0.25, -0.2) is 4.21 Å². The standard InChI is InChI=1S/C22H26N2O2S.BrH.H2O/c1-24-12-5-6-19(24)15-18-16-23-22-10-9-17(14-21(18)22)11-13-26-27(25)20-7-3-2-4-8-20;;/h2-4,7-10,14,16,19,23H,5-6,11-13,15H2,1H3;1H;1H2. The second kappa shape index (κ2) is 11.0. The Kier molecular flexibility index (Phi) is 9.04. The number of aromatic amines is 1. The number of aromatic nitrogens is 1. The minimum Gasteiger partial charge on any atom is -0.412 e. The van der Waals surface area contributed by atoms with E-state index in [4.69, 9.17) is 4.18 Å². The molecule has 158 valence electrons. The minimum atomic E-state index is -1.40. The van der Waals surface area contributed by atoms with Gasteiger partial charge in [-0.15, -0.1) is 17.0 Å². The SMILES string of the molecule is Br.CN1CCCC1Cc1c[nH]c2ccc(CCOS(=O)c3ccccc3)cc12.O. The molecule has 1 aliphatic heterocycles. The second-order valence-corrected chi connectivity index (χ2v) is 8.47. The molecule has 2 aromatic carbocycles. The normalized spacial score (nSPS) is 17.6. The lowest BCUT2D eigenvalue weighted by atomic mass is 10.0. The van der Waals surface area contributed by atoms with E-state index in [9.17, 15) is 4.21 Å². The number of nitrogens with one attached hydrogen (secondary N) is 1. The zero-order valence-corrected chi connectivity index (χ0v) is 19.1. The van der Waals surface area contributed by atoms with Crippen LogP contribution in [0.4, 0.5) is 0 Å². The number of nitrogens with zero attached hydrogens (tertiary/aromatic N) is 1. The number of benzene rings is 2. The van der Waals surface area contributed by atoms with Gasteiger partial charge < -0.3 is 15.4 Å². The van der Waals surface area contributed by atoms with Crippen LogP contribution in [0.15, 0.2) is 59.6 Å². The number of likely N-dealkylation sites (tertiary alicyclic amines) is 1. The summed E-state index contributed by atoms with van der Waals surface area (Å²) in [4.78, 5) is 6.58. The fourth-order valence-corrected chi connectivity index (χ4v) is 4.63. The van der Waals surface area contributed by atoms with Gasteiger partial charge in [0.2, 0.25) is 0 Å². The Morgan fingerprint density at radius 1 is 1.21 bits per heavy atom. The van der Waals surface area contributed by atoms with Crippen LogP contribution >= 0.6 is 17.0 Å². The zero-order chi connectivity index (χ0) is 18.6. The van der Waals surface area contributed by atoms with Crippen LogP contribution in [0.3, 0.4) is 0 Å². The number of likely N-dealkylation sites (N-methyl/N-ethyl adjacent to an activating group) is 1. The van der Waals surface area contributed by atoms with Crippen molar-refractivity contribution in [3.05, 3.63) is 65.9 Å². The quantitative estimate of drug-likeness (QED) is 0.557. The van der Waals surface area contributed by atoms with Crippen LogP contribution in [0, 0.1) is 0 Å². The predicted octanol–water partition coefficient (Wildman–Crippen LogP) is 3.84. The molecule has 2 heterocycles. The van der Waals surface area contributed by atoms with Crippen LogP contribution in [0.1, 0.15) is 24.0 Å². The van der Waals surface area contributed by atoms with Crippen LogP contribution in [0.2, 0.25) is 0 Å². The first-order valence-electron chi connectivity index (χ1n) is 9.60. The molecule has 29 heavy (non-hydrogen) atoms. The van der Waals surface area contributed by atoms with Gasteiger partial charge in [-0.05, 0) is 74.7 Å². The zero-order valence-electron chi connectivity index (χ0n) is 16.6. The average Bonchev–Trinajstić information content (AvgIpc) is 3.29. The summed E-state index contributed by atoms with van der Waals surface area (Å²) in [5, 5.41) is 1.30. The minimum absolute atomic E-state index is 0. The van der Waals surface area contributed by atoms with Crippen molar-refractivity contribution in [1.82, 2.24) is 9.88 Å². The molecule has 0 saturated carbocycles. The molecule has 0 aliphatic carbocycles. The Morgan fingerprint density at radius 3 is 2.72 bits per heavy atom. The molecule has 3 aromatic rings. The summed E-state index contributed by atoms with van der Waals surface area (Å²) >= 11 is -1.40. The van der Waals surface area contributed by atoms with Crippen LogP contribution in [0.5, 0.6) is 0 Å². The average molecular weight is 481 g/mol. The van der Waals surface area contributed by atoms with Crippen LogP contribution in [-0.2, 0) is 28.1 Å². The van der Waals surface area contributed by atoms with Gasteiger partial charge >= 0.3 is 0 Å². The first-order chi connectivity index (χ1) is 13.2. The van der Waals surface area contributed by atoms with Gasteiger partial charge in [-0.2, -0.15) is 0 Å². The molecule has 1 aromatic heterocycles. The Balaban J connectivity index is 0.00000150. The van der Waals surface area contributed by atoms with Gasteiger partial charge in [0.1, 0.15) is 0 Å². The van der Waals surface area contributed by atoms with E-state index >= 15 is 0 Å². The maximum absolute atomic E-state index is 12.2. The molecule has 0 amide bonds. The van der Waals surface area contributed by atoms with Crippen molar-refractivity contribution in [2.75, 3.05) is 20.2 Å². The van der Waals surface area contributed by atoms with E-state index in [1.54, 1.807) is 0 Å². The van der Waals surface area contributed by atoms with Gasteiger partial charge in [0.25, 0.3) is 0 Å². The molecule has 0 spiro atoms.